The summed E-state index contributed by atoms with van der Waals surface area (Å²) in [5, 5.41) is 3.17. The molecule has 1 unspecified atom stereocenters. The van der Waals surface area contributed by atoms with E-state index in [0.29, 0.717) is 24.8 Å². The number of benzene rings is 1. The van der Waals surface area contributed by atoms with E-state index in [1.165, 1.54) is 12.8 Å². The highest BCUT2D eigenvalue weighted by Crippen LogP contribution is 2.30. The number of nitrogens with one attached hydrogen (secondary N) is 1. The molecule has 2 aliphatic rings. The second kappa shape index (κ2) is 4.28. The number of rotatable bonds is 3. The summed E-state index contributed by atoms with van der Waals surface area (Å²) in [7, 11) is 0. The summed E-state index contributed by atoms with van der Waals surface area (Å²) >= 11 is 0. The van der Waals surface area contributed by atoms with E-state index in [4.69, 9.17) is 9.47 Å². The van der Waals surface area contributed by atoms with Crippen LogP contribution in [0.2, 0.25) is 0 Å². The number of hydrogen-bond donors (Lipinski definition) is 1. The van der Waals surface area contributed by atoms with Crippen molar-refractivity contribution in [2.24, 2.45) is 5.92 Å². The number of fused-ring (bicyclic) bond motifs is 1. The molecule has 1 fully saturated rings. The van der Waals surface area contributed by atoms with Gasteiger partial charge in [-0.15, -0.1) is 0 Å². The topological polar surface area (TPSA) is 47.6 Å². The first-order valence-electron chi connectivity index (χ1n) is 5.99. The SMILES string of the molecule is O=C(OCC1CC1)C1CNc2ccccc2O1. The van der Waals surface area contributed by atoms with Crippen molar-refractivity contribution in [2.75, 3.05) is 18.5 Å². The number of hydrogen-bond acceptors (Lipinski definition) is 4. The largest absolute Gasteiger partial charge is 0.475 e. The van der Waals surface area contributed by atoms with Gasteiger partial charge in [-0.3, -0.25) is 0 Å². The predicted molar refractivity (Wildman–Crippen MR) is 63.0 cm³/mol. The molecule has 1 saturated carbocycles. The van der Waals surface area contributed by atoms with Gasteiger partial charge in [-0.25, -0.2) is 4.79 Å². The third-order valence-corrected chi connectivity index (χ3v) is 3.06. The second-order valence-electron chi connectivity index (χ2n) is 4.56. The summed E-state index contributed by atoms with van der Waals surface area (Å²) in [5.41, 5.74) is 0.929. The van der Waals surface area contributed by atoms with E-state index in [-0.39, 0.29) is 5.97 Å². The van der Waals surface area contributed by atoms with Crippen molar-refractivity contribution in [3.63, 3.8) is 0 Å². The van der Waals surface area contributed by atoms with Crippen LogP contribution in [0.15, 0.2) is 24.3 Å². The van der Waals surface area contributed by atoms with E-state index in [9.17, 15) is 4.79 Å². The number of esters is 1. The highest BCUT2D eigenvalue weighted by Gasteiger charge is 2.29. The third-order valence-electron chi connectivity index (χ3n) is 3.06. The molecule has 1 atom stereocenters. The Morgan fingerprint density at radius 1 is 1.41 bits per heavy atom. The molecule has 4 nitrogen and oxygen atoms in total. The first kappa shape index (κ1) is 10.4. The quantitative estimate of drug-likeness (QED) is 0.809. The van der Waals surface area contributed by atoms with E-state index in [1.54, 1.807) is 0 Å². The molecule has 1 N–H and O–H groups in total. The maximum Gasteiger partial charge on any atom is 0.349 e. The zero-order valence-electron chi connectivity index (χ0n) is 9.52. The molecule has 1 aliphatic carbocycles. The molecule has 0 spiro atoms. The van der Waals surface area contributed by atoms with Crippen LogP contribution in [0.3, 0.4) is 0 Å². The van der Waals surface area contributed by atoms with Crippen LogP contribution in [0.25, 0.3) is 0 Å². The van der Waals surface area contributed by atoms with Crippen molar-refractivity contribution in [1.29, 1.82) is 0 Å². The number of ether oxygens (including phenoxy) is 2. The van der Waals surface area contributed by atoms with Gasteiger partial charge in [-0.2, -0.15) is 0 Å². The van der Waals surface area contributed by atoms with Crippen LogP contribution >= 0.6 is 0 Å². The Balaban J connectivity index is 1.60. The van der Waals surface area contributed by atoms with Gasteiger partial charge in [0.1, 0.15) is 5.75 Å². The number of para-hydroxylation sites is 2. The molecule has 4 heteroatoms. The van der Waals surface area contributed by atoms with Crippen molar-refractivity contribution in [2.45, 2.75) is 18.9 Å². The van der Waals surface area contributed by atoms with Crippen LogP contribution in [0.1, 0.15) is 12.8 Å². The zero-order valence-corrected chi connectivity index (χ0v) is 9.52. The standard InChI is InChI=1S/C13H15NO3/c15-13(16-8-9-5-6-9)12-7-14-10-3-1-2-4-11(10)17-12/h1-4,9,12,14H,5-8H2. The summed E-state index contributed by atoms with van der Waals surface area (Å²) in [6.07, 6.45) is 1.84. The molecule has 0 aromatic heterocycles. The summed E-state index contributed by atoms with van der Waals surface area (Å²) in [6.45, 7) is 1.01. The molecule has 0 saturated heterocycles. The van der Waals surface area contributed by atoms with Gasteiger partial charge in [0.15, 0.2) is 0 Å². The molecule has 90 valence electrons. The molecule has 1 aliphatic heterocycles. The van der Waals surface area contributed by atoms with Gasteiger partial charge in [0.25, 0.3) is 0 Å². The van der Waals surface area contributed by atoms with Crippen LogP contribution in [-0.2, 0) is 9.53 Å². The number of carbonyl (C=O) groups is 1. The summed E-state index contributed by atoms with van der Waals surface area (Å²) < 4.78 is 10.8. The van der Waals surface area contributed by atoms with Crippen LogP contribution < -0.4 is 10.1 Å². The summed E-state index contributed by atoms with van der Waals surface area (Å²) in [5.74, 6) is 1.04. The molecule has 1 heterocycles. The summed E-state index contributed by atoms with van der Waals surface area (Å²) in [4.78, 5) is 11.8. The molecule has 1 aromatic rings. The van der Waals surface area contributed by atoms with Crippen molar-refractivity contribution in [3.05, 3.63) is 24.3 Å². The van der Waals surface area contributed by atoms with Crippen LogP contribution in [-0.4, -0.2) is 25.2 Å². The average Bonchev–Trinajstić information content (AvgIpc) is 3.19. The minimum atomic E-state index is -0.524. The minimum Gasteiger partial charge on any atom is -0.475 e. The van der Waals surface area contributed by atoms with E-state index < -0.39 is 6.10 Å². The Morgan fingerprint density at radius 3 is 3.06 bits per heavy atom. The maximum absolute atomic E-state index is 11.8. The summed E-state index contributed by atoms with van der Waals surface area (Å²) in [6, 6.07) is 7.60. The van der Waals surface area contributed by atoms with Gasteiger partial charge in [0, 0.05) is 0 Å². The van der Waals surface area contributed by atoms with Crippen LogP contribution in [0.5, 0.6) is 5.75 Å². The Morgan fingerprint density at radius 2 is 2.24 bits per heavy atom. The van der Waals surface area contributed by atoms with Crippen molar-refractivity contribution in [1.82, 2.24) is 0 Å². The van der Waals surface area contributed by atoms with Gasteiger partial charge in [-0.05, 0) is 30.9 Å². The lowest BCUT2D eigenvalue weighted by Crippen LogP contribution is -2.39. The third kappa shape index (κ3) is 2.35. The first-order valence-corrected chi connectivity index (χ1v) is 5.99. The number of carbonyl (C=O) groups excluding carboxylic acids is 1. The molecule has 0 bridgehead atoms. The Labute approximate surface area is 99.9 Å². The molecular weight excluding hydrogens is 218 g/mol. The minimum absolute atomic E-state index is 0.265. The van der Waals surface area contributed by atoms with Gasteiger partial charge in [0.05, 0.1) is 18.8 Å². The Bertz CT molecular complexity index is 428. The smallest absolute Gasteiger partial charge is 0.349 e. The molecule has 3 rings (SSSR count). The van der Waals surface area contributed by atoms with Crippen LogP contribution in [0, 0.1) is 5.92 Å². The normalized spacial score (nSPS) is 22.0. The Hall–Kier alpha value is -1.71. The first-order chi connectivity index (χ1) is 8.33. The lowest BCUT2D eigenvalue weighted by Gasteiger charge is -2.25. The molecule has 0 amide bonds. The average molecular weight is 233 g/mol. The fraction of sp³-hybridized carbons (Fsp3) is 0.462. The highest BCUT2D eigenvalue weighted by atomic mass is 16.6. The monoisotopic (exact) mass is 233 g/mol. The fourth-order valence-electron chi connectivity index (χ4n) is 1.82. The van der Waals surface area contributed by atoms with Gasteiger partial charge in [0.2, 0.25) is 6.10 Å². The van der Waals surface area contributed by atoms with E-state index >= 15 is 0 Å². The van der Waals surface area contributed by atoms with Crippen molar-refractivity contribution < 1.29 is 14.3 Å². The molecule has 17 heavy (non-hydrogen) atoms. The Kier molecular flexibility index (Phi) is 2.63. The predicted octanol–water partition coefficient (Wildman–Crippen LogP) is 1.81. The van der Waals surface area contributed by atoms with E-state index in [1.807, 2.05) is 24.3 Å². The second-order valence-corrected chi connectivity index (χ2v) is 4.56. The fourth-order valence-corrected chi connectivity index (χ4v) is 1.82. The van der Waals surface area contributed by atoms with Gasteiger partial charge < -0.3 is 14.8 Å². The maximum atomic E-state index is 11.8. The lowest BCUT2D eigenvalue weighted by molar-refractivity contribution is -0.152. The van der Waals surface area contributed by atoms with Crippen molar-refractivity contribution >= 4 is 11.7 Å². The van der Waals surface area contributed by atoms with Gasteiger partial charge >= 0.3 is 5.97 Å². The van der Waals surface area contributed by atoms with Crippen LogP contribution in [0.4, 0.5) is 5.69 Å². The molecule has 1 aromatic carbocycles. The van der Waals surface area contributed by atoms with Crippen molar-refractivity contribution in [3.8, 4) is 5.75 Å². The number of anilines is 1. The molecular formula is C13H15NO3. The zero-order chi connectivity index (χ0) is 11.7. The van der Waals surface area contributed by atoms with E-state index in [2.05, 4.69) is 5.32 Å². The molecule has 0 radical (unpaired) electrons. The van der Waals surface area contributed by atoms with E-state index in [0.717, 1.165) is 5.69 Å². The highest BCUT2D eigenvalue weighted by molar-refractivity contribution is 5.77. The van der Waals surface area contributed by atoms with Gasteiger partial charge in [-0.1, -0.05) is 12.1 Å². The lowest BCUT2D eigenvalue weighted by atomic mass is 10.2.